The van der Waals surface area contributed by atoms with E-state index in [0.717, 1.165) is 5.56 Å². The molecule has 6 heteroatoms. The highest BCUT2D eigenvalue weighted by molar-refractivity contribution is 5.91. The molecule has 3 amide bonds. The summed E-state index contributed by atoms with van der Waals surface area (Å²) >= 11 is 0. The van der Waals surface area contributed by atoms with Gasteiger partial charge in [0.15, 0.2) is 5.75 Å². The maximum atomic E-state index is 12.3. The lowest BCUT2D eigenvalue weighted by Crippen LogP contribution is -2.52. The molecule has 1 aliphatic heterocycles. The lowest BCUT2D eigenvalue weighted by atomic mass is 9.96. The van der Waals surface area contributed by atoms with Crippen LogP contribution >= 0.6 is 0 Å². The number of carbonyl (C=O) groups excluding carboxylic acids is 2. The van der Waals surface area contributed by atoms with Crippen LogP contribution < -0.4 is 15.8 Å². The number of likely N-dealkylation sites (tertiary alicyclic amines) is 1. The van der Waals surface area contributed by atoms with E-state index in [2.05, 4.69) is 5.32 Å². The first-order valence-corrected chi connectivity index (χ1v) is 8.19. The number of primary amides is 1. The summed E-state index contributed by atoms with van der Waals surface area (Å²) in [6.07, 6.45) is 0.316. The number of aryl methyl sites for hydroxylation is 1. The molecule has 0 aliphatic carbocycles. The number of nitrogens with one attached hydrogen (secondary N) is 1. The van der Waals surface area contributed by atoms with Gasteiger partial charge in [0.2, 0.25) is 5.91 Å². The predicted molar refractivity (Wildman–Crippen MR) is 95.6 cm³/mol. The van der Waals surface area contributed by atoms with Gasteiger partial charge in [0.05, 0.1) is 5.69 Å². The van der Waals surface area contributed by atoms with E-state index in [4.69, 9.17) is 10.5 Å². The molecule has 0 bridgehead atoms. The first-order valence-electron chi connectivity index (χ1n) is 8.19. The molecule has 130 valence electrons. The second-order valence-electron chi connectivity index (χ2n) is 6.28. The van der Waals surface area contributed by atoms with Gasteiger partial charge < -0.3 is 20.7 Å². The molecule has 6 nitrogen and oxygen atoms in total. The maximum Gasteiger partial charge on any atom is 0.321 e. The Labute approximate surface area is 146 Å². The normalized spacial score (nSPS) is 13.9. The van der Waals surface area contributed by atoms with Gasteiger partial charge in [0.25, 0.3) is 0 Å². The SMILES string of the molecule is Cc1ccc(Oc2ccccc2NC(=O)N2CC(CC(N)=O)C2)cc1. The fourth-order valence-corrected chi connectivity index (χ4v) is 2.74. The van der Waals surface area contributed by atoms with Crippen LogP contribution in [0.25, 0.3) is 0 Å². The molecule has 1 fully saturated rings. The summed E-state index contributed by atoms with van der Waals surface area (Å²) in [6.45, 7) is 3.09. The van der Waals surface area contributed by atoms with Crippen molar-refractivity contribution in [3.63, 3.8) is 0 Å². The first-order chi connectivity index (χ1) is 12.0. The highest BCUT2D eigenvalue weighted by Crippen LogP contribution is 2.30. The molecule has 1 aliphatic rings. The number of nitrogens with two attached hydrogens (primary N) is 1. The number of hydrogen-bond acceptors (Lipinski definition) is 3. The minimum Gasteiger partial charge on any atom is -0.455 e. The Kier molecular flexibility index (Phi) is 4.88. The predicted octanol–water partition coefficient (Wildman–Crippen LogP) is 3.13. The van der Waals surface area contributed by atoms with Crippen LogP contribution in [0.1, 0.15) is 12.0 Å². The van der Waals surface area contributed by atoms with E-state index in [0.29, 0.717) is 36.7 Å². The van der Waals surface area contributed by atoms with Gasteiger partial charge in [-0.15, -0.1) is 0 Å². The number of carbonyl (C=O) groups is 2. The molecule has 1 heterocycles. The quantitative estimate of drug-likeness (QED) is 0.878. The van der Waals surface area contributed by atoms with Gasteiger partial charge in [0.1, 0.15) is 5.75 Å². The number of anilines is 1. The summed E-state index contributed by atoms with van der Waals surface area (Å²) in [5, 5.41) is 2.86. The fourth-order valence-electron chi connectivity index (χ4n) is 2.74. The van der Waals surface area contributed by atoms with Gasteiger partial charge in [-0.3, -0.25) is 4.79 Å². The third kappa shape index (κ3) is 4.29. The average Bonchev–Trinajstić information content (AvgIpc) is 2.54. The summed E-state index contributed by atoms with van der Waals surface area (Å²) in [7, 11) is 0. The summed E-state index contributed by atoms with van der Waals surface area (Å²) < 4.78 is 5.88. The Morgan fingerprint density at radius 3 is 2.52 bits per heavy atom. The topological polar surface area (TPSA) is 84.7 Å². The van der Waals surface area contributed by atoms with Crippen molar-refractivity contribution in [2.45, 2.75) is 13.3 Å². The molecule has 0 radical (unpaired) electrons. The Balaban J connectivity index is 1.62. The molecular formula is C19H21N3O3. The number of hydrogen-bond donors (Lipinski definition) is 2. The molecule has 0 aromatic heterocycles. The van der Waals surface area contributed by atoms with Gasteiger partial charge in [-0.05, 0) is 31.2 Å². The smallest absolute Gasteiger partial charge is 0.321 e. The van der Waals surface area contributed by atoms with E-state index in [9.17, 15) is 9.59 Å². The number of para-hydroxylation sites is 2. The van der Waals surface area contributed by atoms with E-state index in [-0.39, 0.29) is 17.9 Å². The highest BCUT2D eigenvalue weighted by Gasteiger charge is 2.31. The Morgan fingerprint density at radius 2 is 1.84 bits per heavy atom. The zero-order valence-electron chi connectivity index (χ0n) is 14.1. The van der Waals surface area contributed by atoms with E-state index in [1.807, 2.05) is 49.4 Å². The van der Waals surface area contributed by atoms with Crippen LogP contribution in [0.2, 0.25) is 0 Å². The molecule has 2 aromatic carbocycles. The summed E-state index contributed by atoms with van der Waals surface area (Å²) in [4.78, 5) is 24.9. The highest BCUT2D eigenvalue weighted by atomic mass is 16.5. The molecular weight excluding hydrogens is 318 g/mol. The van der Waals surface area contributed by atoms with Crippen LogP contribution in [0.15, 0.2) is 48.5 Å². The van der Waals surface area contributed by atoms with E-state index < -0.39 is 0 Å². The van der Waals surface area contributed by atoms with Gasteiger partial charge in [-0.1, -0.05) is 29.8 Å². The fraction of sp³-hybridized carbons (Fsp3) is 0.263. The van der Waals surface area contributed by atoms with Crippen molar-refractivity contribution in [1.29, 1.82) is 0 Å². The van der Waals surface area contributed by atoms with Crippen molar-refractivity contribution in [1.82, 2.24) is 4.90 Å². The standard InChI is InChI=1S/C19H21N3O3/c1-13-6-8-15(9-7-13)25-17-5-3-2-4-16(17)21-19(24)22-11-14(12-22)10-18(20)23/h2-9,14H,10-12H2,1H3,(H2,20,23)(H,21,24). The van der Waals surface area contributed by atoms with Crippen LogP contribution in [-0.4, -0.2) is 29.9 Å². The molecule has 0 saturated carbocycles. The molecule has 0 unspecified atom stereocenters. The zero-order chi connectivity index (χ0) is 17.8. The summed E-state index contributed by atoms with van der Waals surface area (Å²) in [5.41, 5.74) is 6.93. The number of urea groups is 1. The molecule has 3 rings (SSSR count). The summed E-state index contributed by atoms with van der Waals surface area (Å²) in [6, 6.07) is 14.8. The second kappa shape index (κ2) is 7.25. The van der Waals surface area contributed by atoms with E-state index >= 15 is 0 Å². The van der Waals surface area contributed by atoms with Crippen LogP contribution in [0.4, 0.5) is 10.5 Å². The van der Waals surface area contributed by atoms with Crippen molar-refractivity contribution < 1.29 is 14.3 Å². The van der Waals surface area contributed by atoms with E-state index in [1.54, 1.807) is 11.0 Å². The lowest BCUT2D eigenvalue weighted by Gasteiger charge is -2.38. The average molecular weight is 339 g/mol. The Bertz CT molecular complexity index is 768. The Hall–Kier alpha value is -3.02. The molecule has 0 atom stereocenters. The summed E-state index contributed by atoms with van der Waals surface area (Å²) in [5.74, 6) is 1.11. The largest absolute Gasteiger partial charge is 0.455 e. The van der Waals surface area contributed by atoms with Gasteiger partial charge in [-0.2, -0.15) is 0 Å². The number of ether oxygens (including phenoxy) is 1. The van der Waals surface area contributed by atoms with Crippen LogP contribution in [0.5, 0.6) is 11.5 Å². The van der Waals surface area contributed by atoms with Gasteiger partial charge in [0, 0.05) is 25.4 Å². The Morgan fingerprint density at radius 1 is 1.16 bits per heavy atom. The van der Waals surface area contributed by atoms with Crippen molar-refractivity contribution in [3.8, 4) is 11.5 Å². The van der Waals surface area contributed by atoms with Crippen molar-refractivity contribution in [2.24, 2.45) is 11.7 Å². The number of nitrogens with zero attached hydrogens (tertiary/aromatic N) is 1. The number of amides is 3. The van der Waals surface area contributed by atoms with Gasteiger partial charge >= 0.3 is 6.03 Å². The third-order valence-corrected chi connectivity index (χ3v) is 4.11. The van der Waals surface area contributed by atoms with Crippen molar-refractivity contribution in [3.05, 3.63) is 54.1 Å². The molecule has 0 spiro atoms. The molecule has 2 aromatic rings. The zero-order valence-corrected chi connectivity index (χ0v) is 14.1. The monoisotopic (exact) mass is 339 g/mol. The van der Waals surface area contributed by atoms with Crippen molar-refractivity contribution in [2.75, 3.05) is 18.4 Å². The molecule has 1 saturated heterocycles. The first kappa shape index (κ1) is 16.8. The van der Waals surface area contributed by atoms with Crippen molar-refractivity contribution >= 4 is 17.6 Å². The van der Waals surface area contributed by atoms with Crippen LogP contribution in [-0.2, 0) is 4.79 Å². The van der Waals surface area contributed by atoms with Crippen LogP contribution in [0, 0.1) is 12.8 Å². The number of benzene rings is 2. The minimum atomic E-state index is -0.332. The molecule has 3 N–H and O–H groups in total. The maximum absolute atomic E-state index is 12.3. The lowest BCUT2D eigenvalue weighted by molar-refractivity contribution is -0.119. The third-order valence-electron chi connectivity index (χ3n) is 4.11. The molecule has 25 heavy (non-hydrogen) atoms. The number of rotatable bonds is 5. The van der Waals surface area contributed by atoms with Crippen LogP contribution in [0.3, 0.4) is 0 Å². The second-order valence-corrected chi connectivity index (χ2v) is 6.28. The van der Waals surface area contributed by atoms with Gasteiger partial charge in [-0.25, -0.2) is 4.79 Å². The van der Waals surface area contributed by atoms with E-state index in [1.165, 1.54) is 0 Å². The minimum absolute atomic E-state index is 0.155.